The van der Waals surface area contributed by atoms with E-state index in [1.165, 1.54) is 0 Å². The number of morpholine rings is 1. The number of hydrazine groups is 1. The van der Waals surface area contributed by atoms with Gasteiger partial charge >= 0.3 is 6.03 Å². The van der Waals surface area contributed by atoms with Gasteiger partial charge in [0.15, 0.2) is 0 Å². The van der Waals surface area contributed by atoms with Gasteiger partial charge in [-0.2, -0.15) is 5.01 Å². The highest BCUT2D eigenvalue weighted by atomic mass is 79.9. The maximum absolute atomic E-state index is 12.9. The van der Waals surface area contributed by atoms with Crippen molar-refractivity contribution in [3.63, 3.8) is 0 Å². The minimum absolute atomic E-state index is 0.0922. The molecule has 4 rings (SSSR count). The number of hydrogen-bond acceptors (Lipinski definition) is 5. The lowest BCUT2D eigenvalue weighted by molar-refractivity contribution is -0.141. The summed E-state index contributed by atoms with van der Waals surface area (Å²) in [7, 11) is 0. The molecule has 0 aromatic heterocycles. The Balaban J connectivity index is 1.34. The van der Waals surface area contributed by atoms with Crippen LogP contribution < -0.4 is 10.7 Å². The quantitative estimate of drug-likeness (QED) is 0.648. The Morgan fingerprint density at radius 1 is 1.33 bits per heavy atom. The van der Waals surface area contributed by atoms with Crippen LogP contribution in [0.1, 0.15) is 44.3 Å². The summed E-state index contributed by atoms with van der Waals surface area (Å²) in [5, 5.41) is 3.68. The van der Waals surface area contributed by atoms with E-state index in [1.807, 2.05) is 29.2 Å². The Morgan fingerprint density at radius 2 is 2.10 bits per heavy atom. The van der Waals surface area contributed by atoms with Crippen molar-refractivity contribution in [2.45, 2.75) is 44.2 Å². The fourth-order valence-corrected chi connectivity index (χ4v) is 4.85. The Bertz CT molecular complexity index is 840. The molecule has 8 nitrogen and oxygen atoms in total. The first kappa shape index (κ1) is 21.3. The molecule has 1 spiro atoms. The molecule has 30 heavy (non-hydrogen) atoms. The molecular formula is C21H27BrN4O4. The first-order valence-corrected chi connectivity index (χ1v) is 11.2. The summed E-state index contributed by atoms with van der Waals surface area (Å²) < 4.78 is 6.83. The highest BCUT2D eigenvalue weighted by molar-refractivity contribution is 9.10. The summed E-state index contributed by atoms with van der Waals surface area (Å²) >= 11 is 3.47. The van der Waals surface area contributed by atoms with Gasteiger partial charge in [-0.1, -0.05) is 35.0 Å². The average Bonchev–Trinajstić information content (AvgIpc) is 2.95. The second-order valence-corrected chi connectivity index (χ2v) is 9.44. The normalized spacial score (nSPS) is 29.9. The molecule has 1 aromatic rings. The number of ether oxygens (including phenoxy) is 1. The lowest BCUT2D eigenvalue weighted by Gasteiger charge is -2.34. The van der Waals surface area contributed by atoms with E-state index in [2.05, 4.69) is 33.6 Å². The summed E-state index contributed by atoms with van der Waals surface area (Å²) in [6.07, 6.45) is 2.87. The number of nitrogens with zero attached hydrogens (tertiary/aromatic N) is 2. The van der Waals surface area contributed by atoms with Gasteiger partial charge in [-0.3, -0.25) is 19.9 Å². The Hall–Kier alpha value is -1.97. The Morgan fingerprint density at radius 3 is 2.83 bits per heavy atom. The largest absolute Gasteiger partial charge is 0.371 e. The third-order valence-corrected chi connectivity index (χ3v) is 6.76. The molecule has 2 N–H and O–H groups in total. The number of benzene rings is 1. The van der Waals surface area contributed by atoms with Crippen molar-refractivity contribution in [2.24, 2.45) is 5.92 Å². The van der Waals surface area contributed by atoms with Gasteiger partial charge in [0.25, 0.3) is 11.8 Å². The lowest BCUT2D eigenvalue weighted by Crippen LogP contribution is -2.53. The van der Waals surface area contributed by atoms with Crippen molar-refractivity contribution in [3.05, 3.63) is 34.3 Å². The summed E-state index contributed by atoms with van der Waals surface area (Å²) in [6.45, 7) is 3.92. The summed E-state index contributed by atoms with van der Waals surface area (Å²) in [5.41, 5.74) is 2.69. The van der Waals surface area contributed by atoms with E-state index in [0.717, 1.165) is 27.9 Å². The minimum Gasteiger partial charge on any atom is -0.371 e. The number of rotatable bonds is 4. The molecule has 1 unspecified atom stereocenters. The van der Waals surface area contributed by atoms with Crippen LogP contribution >= 0.6 is 15.9 Å². The monoisotopic (exact) mass is 478 g/mol. The smallest absolute Gasteiger partial charge is 0.344 e. The number of nitrogens with one attached hydrogen (secondary N) is 2. The number of imide groups is 1. The topological polar surface area (TPSA) is 91.0 Å². The van der Waals surface area contributed by atoms with Crippen molar-refractivity contribution in [1.29, 1.82) is 0 Å². The van der Waals surface area contributed by atoms with Crippen LogP contribution in [0.2, 0.25) is 0 Å². The van der Waals surface area contributed by atoms with Crippen LogP contribution in [0.3, 0.4) is 0 Å². The number of halogens is 1. The van der Waals surface area contributed by atoms with Crippen LogP contribution in [-0.2, 0) is 14.3 Å². The molecule has 9 heteroatoms. The molecule has 0 bridgehead atoms. The minimum atomic E-state index is -0.859. The van der Waals surface area contributed by atoms with E-state index in [0.29, 0.717) is 38.5 Å². The van der Waals surface area contributed by atoms with Crippen molar-refractivity contribution in [1.82, 2.24) is 20.7 Å². The second kappa shape index (κ2) is 8.64. The number of hydrogen-bond donors (Lipinski definition) is 2. The molecule has 1 saturated carbocycles. The second-order valence-electron chi connectivity index (χ2n) is 8.52. The lowest BCUT2D eigenvalue weighted by atomic mass is 9.77. The van der Waals surface area contributed by atoms with E-state index < -0.39 is 11.6 Å². The van der Waals surface area contributed by atoms with Crippen LogP contribution in [0.15, 0.2) is 28.7 Å². The number of amides is 4. The van der Waals surface area contributed by atoms with Gasteiger partial charge in [-0.25, -0.2) is 4.79 Å². The predicted molar refractivity (Wildman–Crippen MR) is 113 cm³/mol. The predicted octanol–water partition coefficient (Wildman–Crippen LogP) is 2.35. The highest BCUT2D eigenvalue weighted by Crippen LogP contribution is 2.35. The molecular weight excluding hydrogens is 452 g/mol. The maximum atomic E-state index is 12.9. The van der Waals surface area contributed by atoms with Crippen molar-refractivity contribution >= 4 is 33.8 Å². The number of carbonyl (C=O) groups is 3. The standard InChI is InChI=1S/C21H27BrN4O4/c1-14-5-7-21(8-6-14)19(28)26(20(29)23-21)24-18(27)13-25-9-10-30-17(12-25)15-3-2-4-16(22)11-15/h2-4,11,14,17H,5-10,12-13H2,1H3,(H,23,29)(H,24,27). The number of carbonyl (C=O) groups excluding carboxylic acids is 3. The zero-order chi connectivity index (χ0) is 21.3. The van der Waals surface area contributed by atoms with E-state index in [9.17, 15) is 14.4 Å². The number of urea groups is 1. The highest BCUT2D eigenvalue weighted by Gasteiger charge is 2.52. The molecule has 3 aliphatic rings. The van der Waals surface area contributed by atoms with Gasteiger partial charge in [0, 0.05) is 17.6 Å². The van der Waals surface area contributed by atoms with Crippen molar-refractivity contribution in [3.8, 4) is 0 Å². The molecule has 2 aliphatic heterocycles. The molecule has 2 saturated heterocycles. The SMILES string of the molecule is CC1CCC2(CC1)NC(=O)N(NC(=O)CN1CCOC(c3cccc(Br)c3)C1)C2=O. The van der Waals surface area contributed by atoms with E-state index >= 15 is 0 Å². The van der Waals surface area contributed by atoms with Crippen molar-refractivity contribution < 1.29 is 19.1 Å². The molecule has 2 heterocycles. The Labute approximate surface area is 184 Å². The van der Waals surface area contributed by atoms with Gasteiger partial charge in [-0.15, -0.1) is 0 Å². The first-order valence-electron chi connectivity index (χ1n) is 10.4. The summed E-state index contributed by atoms with van der Waals surface area (Å²) in [5.74, 6) is -0.181. The molecule has 4 amide bonds. The third kappa shape index (κ3) is 4.38. The van der Waals surface area contributed by atoms with E-state index in [-0.39, 0.29) is 24.5 Å². The van der Waals surface area contributed by atoms with Crippen LogP contribution in [0.25, 0.3) is 0 Å². The van der Waals surface area contributed by atoms with Crippen LogP contribution in [0.4, 0.5) is 4.79 Å². The van der Waals surface area contributed by atoms with Crippen LogP contribution in [0.5, 0.6) is 0 Å². The van der Waals surface area contributed by atoms with Gasteiger partial charge in [-0.05, 0) is 49.3 Å². The third-order valence-electron chi connectivity index (χ3n) is 6.26. The summed E-state index contributed by atoms with van der Waals surface area (Å²) in [4.78, 5) is 39.8. The van der Waals surface area contributed by atoms with Gasteiger partial charge < -0.3 is 10.1 Å². The van der Waals surface area contributed by atoms with Gasteiger partial charge in [0.05, 0.1) is 19.3 Å². The zero-order valence-electron chi connectivity index (χ0n) is 17.0. The van der Waals surface area contributed by atoms with Crippen LogP contribution in [-0.4, -0.2) is 59.5 Å². The molecule has 1 aromatic carbocycles. The molecule has 1 aliphatic carbocycles. The fraction of sp³-hybridized carbons (Fsp3) is 0.571. The van der Waals surface area contributed by atoms with Crippen molar-refractivity contribution in [2.75, 3.05) is 26.2 Å². The first-order chi connectivity index (χ1) is 14.4. The molecule has 162 valence electrons. The van der Waals surface area contributed by atoms with E-state index in [4.69, 9.17) is 4.74 Å². The zero-order valence-corrected chi connectivity index (χ0v) is 18.6. The van der Waals surface area contributed by atoms with Crippen LogP contribution in [0, 0.1) is 5.92 Å². The summed E-state index contributed by atoms with van der Waals surface area (Å²) in [6, 6.07) is 7.36. The average molecular weight is 479 g/mol. The van der Waals surface area contributed by atoms with Gasteiger partial charge in [0.1, 0.15) is 5.54 Å². The van der Waals surface area contributed by atoms with E-state index in [1.54, 1.807) is 0 Å². The molecule has 3 fully saturated rings. The molecule has 1 atom stereocenters. The molecule has 0 radical (unpaired) electrons. The fourth-order valence-electron chi connectivity index (χ4n) is 4.43. The van der Waals surface area contributed by atoms with Gasteiger partial charge in [0.2, 0.25) is 0 Å². The maximum Gasteiger partial charge on any atom is 0.344 e. The Kier molecular flexibility index (Phi) is 6.13.